The van der Waals surface area contributed by atoms with E-state index < -0.39 is 10.8 Å². The number of hydrogen-bond acceptors (Lipinski definition) is 4. The molecule has 0 aromatic heterocycles. The van der Waals surface area contributed by atoms with E-state index in [9.17, 15) is 9.59 Å². The number of nitrogens with two attached hydrogens (primary N) is 1. The maximum atomic E-state index is 12.0. The van der Waals surface area contributed by atoms with Crippen LogP contribution in [0.25, 0.3) is 0 Å². The summed E-state index contributed by atoms with van der Waals surface area (Å²) >= 11 is 5.16. The summed E-state index contributed by atoms with van der Waals surface area (Å²) in [5.74, 6) is 5.43. The Labute approximate surface area is 176 Å². The number of hydrazine groups is 1. The van der Waals surface area contributed by atoms with Crippen LogP contribution in [0.3, 0.4) is 0 Å². The summed E-state index contributed by atoms with van der Waals surface area (Å²) < 4.78 is 0. The standard InChI is InChI=1S/C12H15N3O.C7H5ClO.2ClH/c1-12(2,3)15(14)11(16)10-6-4-5-9(7-10)8-13;8-7(9)6-4-2-1-3-5-6;;/h4-7H,14H2,1-3H3;1-5H;2*1H. The molecule has 0 unspecified atom stereocenters. The first-order chi connectivity index (χ1) is 11.7. The van der Waals surface area contributed by atoms with Crippen molar-refractivity contribution in [2.45, 2.75) is 26.3 Å². The summed E-state index contributed by atoms with van der Waals surface area (Å²) in [4.78, 5) is 22.4. The third-order valence-electron chi connectivity index (χ3n) is 3.18. The predicted molar refractivity (Wildman–Crippen MR) is 112 cm³/mol. The number of nitriles is 1. The van der Waals surface area contributed by atoms with E-state index in [1.165, 1.54) is 11.1 Å². The minimum Gasteiger partial charge on any atom is -0.276 e. The molecule has 0 atom stereocenters. The van der Waals surface area contributed by atoms with Crippen LogP contribution in [0.5, 0.6) is 0 Å². The van der Waals surface area contributed by atoms with Gasteiger partial charge in [0.2, 0.25) is 0 Å². The zero-order valence-electron chi connectivity index (χ0n) is 15.2. The second kappa shape index (κ2) is 12.3. The summed E-state index contributed by atoms with van der Waals surface area (Å²) in [6, 6.07) is 17.2. The van der Waals surface area contributed by atoms with Gasteiger partial charge in [-0.1, -0.05) is 36.4 Å². The third-order valence-corrected chi connectivity index (χ3v) is 3.40. The van der Waals surface area contributed by atoms with Gasteiger partial charge in [0.15, 0.2) is 0 Å². The van der Waals surface area contributed by atoms with Gasteiger partial charge in [-0.2, -0.15) is 5.26 Å². The summed E-state index contributed by atoms with van der Waals surface area (Å²) in [5.41, 5.74) is 0.975. The molecule has 2 N–H and O–H groups in total. The first-order valence-corrected chi connectivity index (χ1v) is 7.89. The smallest absolute Gasteiger partial charge is 0.268 e. The molecular weight excluding hydrogens is 409 g/mol. The van der Waals surface area contributed by atoms with Gasteiger partial charge in [-0.3, -0.25) is 14.6 Å². The van der Waals surface area contributed by atoms with Crippen molar-refractivity contribution in [1.29, 1.82) is 5.26 Å². The van der Waals surface area contributed by atoms with Crippen LogP contribution in [0.15, 0.2) is 54.6 Å². The average molecular weight is 431 g/mol. The first kappa shape index (κ1) is 27.1. The Morgan fingerprint density at radius 3 is 1.93 bits per heavy atom. The van der Waals surface area contributed by atoms with Crippen molar-refractivity contribution in [3.63, 3.8) is 0 Å². The predicted octanol–water partition coefficient (Wildman–Crippen LogP) is 4.58. The third kappa shape index (κ3) is 8.89. The van der Waals surface area contributed by atoms with Crippen molar-refractivity contribution in [2.24, 2.45) is 5.84 Å². The van der Waals surface area contributed by atoms with Gasteiger partial charge >= 0.3 is 0 Å². The number of rotatable bonds is 2. The van der Waals surface area contributed by atoms with E-state index in [0.29, 0.717) is 16.7 Å². The van der Waals surface area contributed by atoms with Crippen LogP contribution in [0, 0.1) is 11.3 Å². The molecule has 2 rings (SSSR count). The van der Waals surface area contributed by atoms with Gasteiger partial charge in [0.05, 0.1) is 17.2 Å². The molecule has 0 aliphatic heterocycles. The fraction of sp³-hybridized carbons (Fsp3) is 0.211. The second-order valence-corrected chi connectivity index (χ2v) is 6.52. The van der Waals surface area contributed by atoms with E-state index in [1.807, 2.05) is 32.9 Å². The lowest BCUT2D eigenvalue weighted by molar-refractivity contribution is 0.0581. The molecule has 0 aliphatic carbocycles. The van der Waals surface area contributed by atoms with Crippen LogP contribution in [-0.4, -0.2) is 21.7 Å². The Hall–Kier alpha value is -2.10. The van der Waals surface area contributed by atoms with Crippen LogP contribution < -0.4 is 5.84 Å². The van der Waals surface area contributed by atoms with Crippen LogP contribution in [-0.2, 0) is 0 Å². The van der Waals surface area contributed by atoms with Crippen molar-refractivity contribution >= 4 is 47.6 Å². The molecule has 1 amide bonds. The molecule has 0 fully saturated rings. The lowest BCUT2D eigenvalue weighted by Gasteiger charge is -2.31. The minimum atomic E-state index is -0.445. The molecule has 2 aromatic carbocycles. The van der Waals surface area contributed by atoms with Crippen molar-refractivity contribution in [2.75, 3.05) is 0 Å². The number of hydrogen-bond donors (Lipinski definition) is 1. The molecule has 0 bridgehead atoms. The lowest BCUT2D eigenvalue weighted by Crippen LogP contribution is -2.50. The van der Waals surface area contributed by atoms with E-state index in [-0.39, 0.29) is 30.7 Å². The van der Waals surface area contributed by atoms with Crippen LogP contribution in [0.4, 0.5) is 0 Å². The average Bonchev–Trinajstić information content (AvgIpc) is 2.61. The van der Waals surface area contributed by atoms with Crippen molar-refractivity contribution < 1.29 is 9.59 Å². The number of halogens is 3. The van der Waals surface area contributed by atoms with Gasteiger partial charge < -0.3 is 0 Å². The molecule has 0 heterocycles. The molecule has 146 valence electrons. The Morgan fingerprint density at radius 2 is 1.52 bits per heavy atom. The number of amides is 1. The quantitative estimate of drug-likeness (QED) is 0.327. The van der Waals surface area contributed by atoms with Gasteiger partial charge in [-0.25, -0.2) is 5.84 Å². The zero-order chi connectivity index (χ0) is 19.0. The van der Waals surface area contributed by atoms with Crippen molar-refractivity contribution in [3.05, 3.63) is 71.3 Å². The van der Waals surface area contributed by atoms with Crippen molar-refractivity contribution in [3.8, 4) is 6.07 Å². The van der Waals surface area contributed by atoms with Gasteiger partial charge in [-0.05, 0) is 50.6 Å². The highest BCUT2D eigenvalue weighted by Crippen LogP contribution is 2.13. The number of benzene rings is 2. The Bertz CT molecular complexity index is 785. The molecule has 5 nitrogen and oxygen atoms in total. The monoisotopic (exact) mass is 429 g/mol. The summed E-state index contributed by atoms with van der Waals surface area (Å²) in [6.45, 7) is 5.54. The highest BCUT2D eigenvalue weighted by molar-refractivity contribution is 6.67. The largest absolute Gasteiger partial charge is 0.276 e. The number of nitrogens with zero attached hydrogens (tertiary/aromatic N) is 2. The first-order valence-electron chi connectivity index (χ1n) is 7.51. The number of carbonyl (C=O) groups is 2. The molecule has 0 spiro atoms. The topological polar surface area (TPSA) is 87.2 Å². The molecule has 0 radical (unpaired) electrons. The van der Waals surface area contributed by atoms with E-state index in [4.69, 9.17) is 22.7 Å². The summed E-state index contributed by atoms with van der Waals surface area (Å²) in [5, 5.41) is 9.50. The van der Waals surface area contributed by atoms with Crippen LogP contribution in [0.2, 0.25) is 0 Å². The maximum Gasteiger partial charge on any atom is 0.268 e. The van der Waals surface area contributed by atoms with E-state index >= 15 is 0 Å². The van der Waals surface area contributed by atoms with Crippen LogP contribution >= 0.6 is 36.4 Å². The highest BCUT2D eigenvalue weighted by Gasteiger charge is 2.24. The van der Waals surface area contributed by atoms with Gasteiger partial charge in [0.1, 0.15) is 0 Å². The van der Waals surface area contributed by atoms with E-state index in [0.717, 1.165) is 0 Å². The van der Waals surface area contributed by atoms with E-state index in [1.54, 1.807) is 42.5 Å². The van der Waals surface area contributed by atoms with Crippen molar-refractivity contribution in [1.82, 2.24) is 5.01 Å². The molecule has 2 aromatic rings. The van der Waals surface area contributed by atoms with Gasteiger partial charge in [0.25, 0.3) is 11.1 Å². The lowest BCUT2D eigenvalue weighted by atomic mass is 10.1. The zero-order valence-corrected chi connectivity index (χ0v) is 17.6. The van der Waals surface area contributed by atoms with Crippen LogP contribution in [0.1, 0.15) is 47.1 Å². The fourth-order valence-corrected chi connectivity index (χ4v) is 1.86. The summed E-state index contributed by atoms with van der Waals surface area (Å²) in [7, 11) is 0. The molecule has 0 saturated heterocycles. The Kier molecular flexibility index (Phi) is 12.4. The van der Waals surface area contributed by atoms with Gasteiger partial charge in [0, 0.05) is 11.1 Å². The summed E-state index contributed by atoms with van der Waals surface area (Å²) in [6.07, 6.45) is 0. The SMILES string of the molecule is CC(C)(C)N(N)C(=O)c1cccc(C#N)c1.Cl.Cl.O=C(Cl)c1ccccc1. The molecular formula is C19H22Cl3N3O2. The molecule has 27 heavy (non-hydrogen) atoms. The molecule has 0 aliphatic rings. The highest BCUT2D eigenvalue weighted by atomic mass is 35.5. The Balaban J connectivity index is 0. The Morgan fingerprint density at radius 1 is 1.00 bits per heavy atom. The molecule has 0 saturated carbocycles. The molecule has 8 heteroatoms. The minimum absolute atomic E-state index is 0. The maximum absolute atomic E-state index is 12.0. The second-order valence-electron chi connectivity index (χ2n) is 6.18. The number of carbonyl (C=O) groups excluding carboxylic acids is 2. The van der Waals surface area contributed by atoms with Gasteiger partial charge in [-0.15, -0.1) is 24.8 Å². The fourth-order valence-electron chi connectivity index (χ4n) is 1.73. The normalized spacial score (nSPS) is 9.33. The van der Waals surface area contributed by atoms with E-state index in [2.05, 4.69) is 0 Å².